The largest absolute Gasteiger partial charge is 0.490 e. The predicted molar refractivity (Wildman–Crippen MR) is 165 cm³/mol. The summed E-state index contributed by atoms with van der Waals surface area (Å²) in [5.74, 6) is -1.07. The molecule has 4 aliphatic rings. The average molecular weight is 609 g/mol. The molecule has 1 saturated carbocycles. The molecule has 8 nitrogen and oxygen atoms in total. The van der Waals surface area contributed by atoms with Gasteiger partial charge in [0.2, 0.25) is 5.91 Å². The Labute approximate surface area is 257 Å². The number of aryl methyl sites for hydroxylation is 1. The minimum Gasteiger partial charge on any atom is -0.490 e. The van der Waals surface area contributed by atoms with Crippen LogP contribution in [0.2, 0.25) is 5.02 Å². The van der Waals surface area contributed by atoms with Crippen molar-refractivity contribution in [1.29, 1.82) is 0 Å². The second-order valence-electron chi connectivity index (χ2n) is 13.3. The Kier molecular flexibility index (Phi) is 7.98. The number of carboxylic acid groups (broad SMARTS) is 1. The van der Waals surface area contributed by atoms with E-state index >= 15 is 0 Å². The van der Waals surface area contributed by atoms with Crippen LogP contribution in [0.3, 0.4) is 0 Å². The minimum absolute atomic E-state index is 0.0543. The second kappa shape index (κ2) is 11.5. The number of aliphatic hydroxyl groups is 2. The van der Waals surface area contributed by atoms with Crippen molar-refractivity contribution in [3.63, 3.8) is 0 Å². The number of carbonyl (C=O) groups is 2. The van der Waals surface area contributed by atoms with E-state index in [4.69, 9.17) is 16.3 Å². The molecular weight excluding hydrogens is 568 g/mol. The summed E-state index contributed by atoms with van der Waals surface area (Å²) >= 11 is 6.39. The van der Waals surface area contributed by atoms with E-state index in [2.05, 4.69) is 17.0 Å². The topological polar surface area (TPSA) is 111 Å². The predicted octanol–water partition coefficient (Wildman–Crippen LogP) is 4.53. The van der Waals surface area contributed by atoms with E-state index in [1.165, 1.54) is 16.0 Å². The third-order valence-electron chi connectivity index (χ3n) is 10.3. The van der Waals surface area contributed by atoms with Gasteiger partial charge in [-0.15, -0.1) is 0 Å². The summed E-state index contributed by atoms with van der Waals surface area (Å²) < 4.78 is 6.53. The smallest absolute Gasteiger partial charge is 0.340 e. The maximum absolute atomic E-state index is 13.2. The fraction of sp³-hybridized carbons (Fsp3) is 0.529. The molecule has 0 saturated heterocycles. The molecule has 0 radical (unpaired) electrons. The van der Waals surface area contributed by atoms with Crippen molar-refractivity contribution in [1.82, 2.24) is 4.90 Å². The van der Waals surface area contributed by atoms with Crippen molar-refractivity contribution in [2.45, 2.75) is 62.6 Å². The molecular formula is C34H41ClN2O6. The van der Waals surface area contributed by atoms with Crippen LogP contribution in [-0.2, 0) is 27.0 Å². The summed E-state index contributed by atoms with van der Waals surface area (Å²) in [6.45, 7) is 4.04. The van der Waals surface area contributed by atoms with Gasteiger partial charge >= 0.3 is 5.97 Å². The summed E-state index contributed by atoms with van der Waals surface area (Å²) in [6.07, 6.45) is 7.36. The molecule has 2 bridgehead atoms. The number of hydrogen-bond donors (Lipinski definition) is 3. The molecule has 1 fully saturated rings. The number of aliphatic hydroxyl groups excluding tert-OH is 1. The van der Waals surface area contributed by atoms with Crippen LogP contribution in [0.1, 0.15) is 55.7 Å². The van der Waals surface area contributed by atoms with Crippen molar-refractivity contribution in [3.05, 3.63) is 70.3 Å². The first-order valence-electron chi connectivity index (χ1n) is 15.4. The number of ether oxygens (including phenoxy) is 1. The Morgan fingerprint density at radius 3 is 2.67 bits per heavy atom. The molecule has 43 heavy (non-hydrogen) atoms. The molecule has 1 spiro atoms. The highest BCUT2D eigenvalue weighted by Gasteiger charge is 2.46. The normalized spacial score (nSPS) is 33.5. The Hall–Kier alpha value is -3.07. The van der Waals surface area contributed by atoms with Crippen molar-refractivity contribution >= 4 is 29.2 Å². The fourth-order valence-corrected chi connectivity index (χ4v) is 7.82. The van der Waals surface area contributed by atoms with Gasteiger partial charge in [0.25, 0.3) is 0 Å². The zero-order valence-electron chi connectivity index (χ0n) is 24.8. The molecule has 1 amide bonds. The maximum Gasteiger partial charge on any atom is 0.340 e. The molecule has 230 valence electrons. The van der Waals surface area contributed by atoms with Crippen LogP contribution in [0.15, 0.2) is 48.6 Å². The van der Waals surface area contributed by atoms with Gasteiger partial charge in [-0.1, -0.05) is 42.8 Å². The van der Waals surface area contributed by atoms with Gasteiger partial charge < -0.3 is 29.9 Å². The van der Waals surface area contributed by atoms with Crippen LogP contribution in [0, 0.1) is 17.8 Å². The molecule has 2 aromatic rings. The number of carbonyl (C=O) groups excluding carboxylic acids is 1. The number of hydrogen-bond acceptors (Lipinski definition) is 6. The molecule has 2 aromatic carbocycles. The first-order chi connectivity index (χ1) is 20.5. The van der Waals surface area contributed by atoms with E-state index in [-0.39, 0.29) is 28.7 Å². The van der Waals surface area contributed by atoms with Gasteiger partial charge in [0, 0.05) is 37.1 Å². The zero-order chi connectivity index (χ0) is 30.5. The third-order valence-corrected chi connectivity index (χ3v) is 10.5. The van der Waals surface area contributed by atoms with Gasteiger partial charge in [-0.05, 0) is 90.8 Å². The van der Waals surface area contributed by atoms with E-state index in [9.17, 15) is 24.9 Å². The van der Waals surface area contributed by atoms with Crippen LogP contribution in [0.5, 0.6) is 5.75 Å². The summed E-state index contributed by atoms with van der Waals surface area (Å²) in [4.78, 5) is 29.5. The van der Waals surface area contributed by atoms with Crippen molar-refractivity contribution in [2.24, 2.45) is 17.8 Å². The van der Waals surface area contributed by atoms with E-state index in [0.717, 1.165) is 32.1 Å². The highest BCUT2D eigenvalue weighted by Crippen LogP contribution is 2.47. The van der Waals surface area contributed by atoms with Gasteiger partial charge in [-0.3, -0.25) is 4.79 Å². The Bertz CT molecular complexity index is 1450. The monoisotopic (exact) mass is 608 g/mol. The van der Waals surface area contributed by atoms with Gasteiger partial charge in [0.15, 0.2) is 5.60 Å². The lowest BCUT2D eigenvalue weighted by atomic mass is 9.68. The number of carboxylic acids is 1. The van der Waals surface area contributed by atoms with Crippen molar-refractivity contribution in [2.75, 3.05) is 38.2 Å². The Morgan fingerprint density at radius 2 is 1.93 bits per heavy atom. The maximum atomic E-state index is 13.2. The number of amides is 1. The molecule has 0 unspecified atom stereocenters. The lowest BCUT2D eigenvalue weighted by molar-refractivity contribution is -0.164. The number of rotatable bonds is 1. The van der Waals surface area contributed by atoms with E-state index in [0.29, 0.717) is 42.7 Å². The summed E-state index contributed by atoms with van der Waals surface area (Å²) in [7, 11) is 1.61. The summed E-state index contributed by atoms with van der Waals surface area (Å²) in [5.41, 5.74) is 0.574. The Morgan fingerprint density at radius 1 is 1.12 bits per heavy atom. The highest BCUT2D eigenvalue weighted by molar-refractivity contribution is 6.30. The molecule has 2 heterocycles. The SMILES string of the molecule is C[C@H]1/C=C/[C@H](O)[C@@H]2CC[C@H]2CN2C[C@@]3(CCCc4cc(Cl)ccc43)COc3ccc(cc32)[C@](O)(C(=O)O)CC(=O)N(C)C1. The zero-order valence-corrected chi connectivity index (χ0v) is 25.6. The van der Waals surface area contributed by atoms with Crippen LogP contribution < -0.4 is 9.64 Å². The van der Waals surface area contributed by atoms with E-state index in [1.807, 2.05) is 25.1 Å². The number of aliphatic carboxylic acids is 1. The average Bonchev–Trinajstić information content (AvgIpc) is 3.10. The molecule has 6 rings (SSSR count). The first-order valence-corrected chi connectivity index (χ1v) is 15.7. The lowest BCUT2D eigenvalue weighted by Crippen LogP contribution is -2.49. The fourth-order valence-electron chi connectivity index (χ4n) is 7.62. The second-order valence-corrected chi connectivity index (χ2v) is 13.7. The lowest BCUT2D eigenvalue weighted by Gasteiger charge is -2.45. The third kappa shape index (κ3) is 5.54. The van der Waals surface area contributed by atoms with E-state index < -0.39 is 30.0 Å². The quantitative estimate of drug-likeness (QED) is 0.408. The molecule has 3 N–H and O–H groups in total. The standard InChI is InChI=1S/C34H41ClN2O6/c1-21-5-11-29(38)26-9-6-23(26)18-37-19-33(13-3-4-22-14-25(35)8-10-27(22)33)20-43-30-12-7-24(15-28(30)37)34(42,32(40)41)16-31(39)36(2)17-21/h5,7-8,10-12,14-15,21,23,26,29,38,42H,3-4,6,9,13,16-20H2,1-2H3,(H,40,41)/b11-5+/t21-,23-,26+,29-,33-,34-/m0/s1. The molecule has 6 atom stereocenters. The van der Waals surface area contributed by atoms with Crippen molar-refractivity contribution in [3.8, 4) is 5.75 Å². The molecule has 9 heteroatoms. The summed E-state index contributed by atoms with van der Waals surface area (Å²) in [5, 5.41) is 33.7. The number of fused-ring (bicyclic) bond motifs is 4. The molecule has 2 aliphatic heterocycles. The van der Waals surface area contributed by atoms with Gasteiger partial charge in [-0.25, -0.2) is 4.79 Å². The van der Waals surface area contributed by atoms with Crippen molar-refractivity contribution < 1.29 is 29.6 Å². The highest BCUT2D eigenvalue weighted by atomic mass is 35.5. The number of halogens is 1. The number of anilines is 1. The van der Waals surface area contributed by atoms with E-state index in [1.54, 1.807) is 25.2 Å². The van der Waals surface area contributed by atoms with Crippen LogP contribution >= 0.6 is 11.6 Å². The first kappa shape index (κ1) is 30.0. The van der Waals surface area contributed by atoms with Gasteiger partial charge in [0.05, 0.1) is 24.8 Å². The molecule has 2 aliphatic carbocycles. The minimum atomic E-state index is -2.41. The Balaban J connectivity index is 1.46. The van der Waals surface area contributed by atoms with Crippen LogP contribution in [0.25, 0.3) is 0 Å². The van der Waals surface area contributed by atoms with Crippen LogP contribution in [-0.4, -0.2) is 71.5 Å². The number of benzene rings is 2. The van der Waals surface area contributed by atoms with Gasteiger partial charge in [0.1, 0.15) is 5.75 Å². The number of nitrogens with zero attached hydrogens (tertiary/aromatic N) is 2. The summed E-state index contributed by atoms with van der Waals surface area (Å²) in [6, 6.07) is 11.1. The van der Waals surface area contributed by atoms with Gasteiger partial charge in [-0.2, -0.15) is 0 Å². The van der Waals surface area contributed by atoms with Crippen LogP contribution in [0.4, 0.5) is 5.69 Å². The molecule has 0 aromatic heterocycles.